The van der Waals surface area contributed by atoms with Gasteiger partial charge in [0.1, 0.15) is 5.82 Å². The molecule has 1 aliphatic heterocycles. The van der Waals surface area contributed by atoms with Crippen molar-refractivity contribution in [2.24, 2.45) is 0 Å². The fourth-order valence-electron chi connectivity index (χ4n) is 3.48. The summed E-state index contributed by atoms with van der Waals surface area (Å²) in [5.41, 5.74) is 5.86. The molecule has 0 unspecified atom stereocenters. The van der Waals surface area contributed by atoms with Gasteiger partial charge in [-0.25, -0.2) is 4.39 Å². The third-order valence-electron chi connectivity index (χ3n) is 4.91. The van der Waals surface area contributed by atoms with Crippen LogP contribution in [-0.4, -0.2) is 31.4 Å². The van der Waals surface area contributed by atoms with Crippen molar-refractivity contribution in [2.45, 2.75) is 39.9 Å². The standard InChI is InChI=1S/C19H22FN5/c1-3-25-11-14(13(2)23-25)10-24-9-8-18-16(12-24)19(22-21-18)15-6-4-5-7-17(15)20/h4-7,11H,3,8-10,12H2,1-2H3,(H,21,22). The number of rotatable bonds is 4. The molecule has 0 bridgehead atoms. The van der Waals surface area contributed by atoms with Gasteiger partial charge in [0.25, 0.3) is 0 Å². The summed E-state index contributed by atoms with van der Waals surface area (Å²) in [6.07, 6.45) is 3.02. The predicted octanol–water partition coefficient (Wildman–Crippen LogP) is 3.30. The molecule has 0 saturated heterocycles. The summed E-state index contributed by atoms with van der Waals surface area (Å²) < 4.78 is 16.2. The zero-order valence-electron chi connectivity index (χ0n) is 14.6. The van der Waals surface area contributed by atoms with E-state index in [1.54, 1.807) is 12.1 Å². The van der Waals surface area contributed by atoms with Crippen molar-refractivity contribution in [2.75, 3.05) is 6.54 Å². The van der Waals surface area contributed by atoms with Gasteiger partial charge in [0.15, 0.2) is 0 Å². The average molecular weight is 339 g/mol. The summed E-state index contributed by atoms with van der Waals surface area (Å²) in [6.45, 7) is 7.61. The molecule has 0 spiro atoms. The maximum Gasteiger partial charge on any atom is 0.132 e. The Morgan fingerprint density at radius 1 is 1.28 bits per heavy atom. The largest absolute Gasteiger partial charge is 0.294 e. The fraction of sp³-hybridized carbons (Fsp3) is 0.368. The van der Waals surface area contributed by atoms with Crippen LogP contribution in [0.3, 0.4) is 0 Å². The Morgan fingerprint density at radius 2 is 2.12 bits per heavy atom. The molecule has 0 fully saturated rings. The summed E-state index contributed by atoms with van der Waals surface area (Å²) in [5, 5.41) is 12.0. The highest BCUT2D eigenvalue weighted by Gasteiger charge is 2.24. The summed E-state index contributed by atoms with van der Waals surface area (Å²) >= 11 is 0. The van der Waals surface area contributed by atoms with E-state index in [0.29, 0.717) is 5.56 Å². The van der Waals surface area contributed by atoms with Crippen LogP contribution in [0.5, 0.6) is 0 Å². The topological polar surface area (TPSA) is 49.7 Å². The smallest absolute Gasteiger partial charge is 0.132 e. The zero-order valence-corrected chi connectivity index (χ0v) is 14.6. The third-order valence-corrected chi connectivity index (χ3v) is 4.91. The number of aromatic nitrogens is 4. The van der Waals surface area contributed by atoms with Crippen molar-refractivity contribution < 1.29 is 4.39 Å². The normalized spacial score (nSPS) is 14.7. The van der Waals surface area contributed by atoms with Gasteiger partial charge in [-0.2, -0.15) is 10.2 Å². The van der Waals surface area contributed by atoms with Crippen molar-refractivity contribution in [1.29, 1.82) is 0 Å². The molecule has 0 saturated carbocycles. The van der Waals surface area contributed by atoms with E-state index in [1.807, 2.05) is 10.7 Å². The first-order valence-electron chi connectivity index (χ1n) is 8.72. The van der Waals surface area contributed by atoms with Gasteiger partial charge in [0, 0.05) is 61.2 Å². The van der Waals surface area contributed by atoms with Crippen LogP contribution in [-0.2, 0) is 26.1 Å². The van der Waals surface area contributed by atoms with Crippen LogP contribution in [0, 0.1) is 12.7 Å². The summed E-state index contributed by atoms with van der Waals surface area (Å²) in [4.78, 5) is 2.38. The molecule has 1 aliphatic rings. The minimum atomic E-state index is -0.228. The van der Waals surface area contributed by atoms with Crippen molar-refractivity contribution in [3.05, 3.63) is 58.8 Å². The molecule has 3 aromatic rings. The van der Waals surface area contributed by atoms with E-state index in [9.17, 15) is 4.39 Å². The maximum absolute atomic E-state index is 14.2. The lowest BCUT2D eigenvalue weighted by molar-refractivity contribution is 0.244. The molecule has 4 rings (SSSR count). The quantitative estimate of drug-likeness (QED) is 0.793. The molecule has 2 aromatic heterocycles. The first kappa shape index (κ1) is 16.0. The SMILES string of the molecule is CCn1cc(CN2CCc3[nH]nc(-c4ccccc4F)c3C2)c(C)n1. The van der Waals surface area contributed by atoms with Crippen molar-refractivity contribution >= 4 is 0 Å². The molecule has 0 aliphatic carbocycles. The third kappa shape index (κ3) is 2.98. The summed E-state index contributed by atoms with van der Waals surface area (Å²) in [6, 6.07) is 6.83. The van der Waals surface area contributed by atoms with Gasteiger partial charge in [-0.15, -0.1) is 0 Å². The number of halogens is 1. The molecule has 3 heterocycles. The molecule has 25 heavy (non-hydrogen) atoms. The molecule has 5 nitrogen and oxygen atoms in total. The van der Waals surface area contributed by atoms with Crippen LogP contribution >= 0.6 is 0 Å². The number of fused-ring (bicyclic) bond motifs is 1. The Hall–Kier alpha value is -2.47. The number of nitrogens with zero attached hydrogens (tertiary/aromatic N) is 4. The predicted molar refractivity (Wildman–Crippen MR) is 94.4 cm³/mol. The van der Waals surface area contributed by atoms with Gasteiger partial charge < -0.3 is 0 Å². The second-order valence-electron chi connectivity index (χ2n) is 6.57. The molecular weight excluding hydrogens is 317 g/mol. The highest BCUT2D eigenvalue weighted by Crippen LogP contribution is 2.30. The number of aromatic amines is 1. The Morgan fingerprint density at radius 3 is 2.88 bits per heavy atom. The Balaban J connectivity index is 1.59. The molecule has 130 valence electrons. The molecule has 0 radical (unpaired) electrons. The number of benzene rings is 1. The van der Waals surface area contributed by atoms with Gasteiger partial charge in [-0.1, -0.05) is 12.1 Å². The maximum atomic E-state index is 14.2. The van der Waals surface area contributed by atoms with Crippen LogP contribution < -0.4 is 0 Å². The molecule has 6 heteroatoms. The number of hydrogen-bond donors (Lipinski definition) is 1. The lowest BCUT2D eigenvalue weighted by atomic mass is 10.0. The fourth-order valence-corrected chi connectivity index (χ4v) is 3.48. The number of hydrogen-bond acceptors (Lipinski definition) is 3. The number of nitrogens with one attached hydrogen (secondary N) is 1. The Kier molecular flexibility index (Phi) is 4.13. The van der Waals surface area contributed by atoms with E-state index in [2.05, 4.69) is 40.2 Å². The molecule has 0 amide bonds. The van der Waals surface area contributed by atoms with E-state index >= 15 is 0 Å². The van der Waals surface area contributed by atoms with Gasteiger partial charge in [0.2, 0.25) is 0 Å². The Labute approximate surface area is 146 Å². The monoisotopic (exact) mass is 339 g/mol. The van der Waals surface area contributed by atoms with Crippen molar-refractivity contribution in [3.63, 3.8) is 0 Å². The van der Waals surface area contributed by atoms with Gasteiger partial charge >= 0.3 is 0 Å². The van der Waals surface area contributed by atoms with E-state index in [0.717, 1.165) is 55.2 Å². The molecule has 1 aromatic carbocycles. The van der Waals surface area contributed by atoms with Crippen LogP contribution in [0.25, 0.3) is 11.3 Å². The van der Waals surface area contributed by atoms with E-state index in [1.165, 1.54) is 11.6 Å². The first-order chi connectivity index (χ1) is 12.2. The first-order valence-corrected chi connectivity index (χ1v) is 8.72. The molecule has 1 N–H and O–H groups in total. The van der Waals surface area contributed by atoms with Crippen molar-refractivity contribution in [3.8, 4) is 11.3 Å². The minimum absolute atomic E-state index is 0.228. The van der Waals surface area contributed by atoms with Crippen molar-refractivity contribution in [1.82, 2.24) is 24.9 Å². The molecule has 0 atom stereocenters. The van der Waals surface area contributed by atoms with Crippen LogP contribution in [0.1, 0.15) is 29.4 Å². The van der Waals surface area contributed by atoms with Crippen LogP contribution in [0.15, 0.2) is 30.5 Å². The van der Waals surface area contributed by atoms with E-state index in [4.69, 9.17) is 0 Å². The average Bonchev–Trinajstić information content (AvgIpc) is 3.19. The summed E-state index contributed by atoms with van der Waals surface area (Å²) in [7, 11) is 0. The zero-order chi connectivity index (χ0) is 17.4. The highest BCUT2D eigenvalue weighted by molar-refractivity contribution is 5.64. The number of H-pyrrole nitrogens is 1. The highest BCUT2D eigenvalue weighted by atomic mass is 19.1. The minimum Gasteiger partial charge on any atom is -0.294 e. The second-order valence-corrected chi connectivity index (χ2v) is 6.57. The summed E-state index contributed by atoms with van der Waals surface area (Å²) in [5.74, 6) is -0.228. The van der Waals surface area contributed by atoms with Crippen LogP contribution in [0.2, 0.25) is 0 Å². The lowest BCUT2D eigenvalue weighted by Crippen LogP contribution is -2.30. The number of aryl methyl sites for hydroxylation is 2. The van der Waals surface area contributed by atoms with Gasteiger partial charge in [-0.3, -0.25) is 14.7 Å². The van der Waals surface area contributed by atoms with E-state index in [-0.39, 0.29) is 5.82 Å². The second kappa shape index (κ2) is 6.44. The van der Waals surface area contributed by atoms with E-state index < -0.39 is 0 Å². The molecular formula is C19H22FN5. The Bertz CT molecular complexity index is 895. The van der Waals surface area contributed by atoms with Crippen LogP contribution in [0.4, 0.5) is 4.39 Å². The van der Waals surface area contributed by atoms with Gasteiger partial charge in [-0.05, 0) is 26.0 Å². The lowest BCUT2D eigenvalue weighted by Gasteiger charge is -2.26. The van der Waals surface area contributed by atoms with Gasteiger partial charge in [0.05, 0.1) is 11.4 Å².